The Balaban J connectivity index is 0.00000225. The molecule has 0 fully saturated rings. The van der Waals surface area contributed by atoms with Crippen LogP contribution in [-0.4, -0.2) is 36.4 Å². The third kappa shape index (κ3) is 4.79. The molecule has 0 saturated heterocycles. The Bertz CT molecular complexity index is 345. The highest BCUT2D eigenvalue weighted by molar-refractivity contribution is 6.30. The van der Waals surface area contributed by atoms with Gasteiger partial charge in [0.15, 0.2) is 0 Å². The molecular formula is C10H15Cl2N3O. The number of likely N-dealkylation sites (N-methyl/N-ethyl adjacent to an activating group) is 1. The van der Waals surface area contributed by atoms with E-state index in [1.807, 2.05) is 12.1 Å². The number of rotatable bonds is 4. The fourth-order valence-electron chi connectivity index (χ4n) is 1.01. The number of pyridine rings is 1. The Morgan fingerprint density at radius 1 is 1.56 bits per heavy atom. The molecular weight excluding hydrogens is 249 g/mol. The van der Waals surface area contributed by atoms with Crippen molar-refractivity contribution in [1.82, 2.24) is 15.2 Å². The second kappa shape index (κ2) is 7.44. The molecule has 1 rings (SSSR count). The van der Waals surface area contributed by atoms with Crippen molar-refractivity contribution in [2.45, 2.75) is 6.54 Å². The topological polar surface area (TPSA) is 45.2 Å². The van der Waals surface area contributed by atoms with Crippen molar-refractivity contribution < 1.29 is 4.79 Å². The van der Waals surface area contributed by atoms with E-state index in [-0.39, 0.29) is 18.3 Å². The first-order chi connectivity index (χ1) is 7.11. The zero-order valence-corrected chi connectivity index (χ0v) is 10.8. The average molecular weight is 264 g/mol. The monoisotopic (exact) mass is 263 g/mol. The quantitative estimate of drug-likeness (QED) is 0.834. The van der Waals surface area contributed by atoms with Crippen LogP contribution in [0.3, 0.4) is 0 Å². The molecule has 0 unspecified atom stereocenters. The lowest BCUT2D eigenvalue weighted by atomic mass is 10.3. The van der Waals surface area contributed by atoms with Gasteiger partial charge in [0.05, 0.1) is 6.54 Å². The van der Waals surface area contributed by atoms with Gasteiger partial charge in [-0.1, -0.05) is 17.7 Å². The highest BCUT2D eigenvalue weighted by Crippen LogP contribution is 2.10. The van der Waals surface area contributed by atoms with Crippen LogP contribution < -0.4 is 5.32 Å². The largest absolute Gasteiger partial charge is 0.348 e. The van der Waals surface area contributed by atoms with Crippen LogP contribution in [-0.2, 0) is 11.3 Å². The van der Waals surface area contributed by atoms with Crippen molar-refractivity contribution in [3.8, 4) is 0 Å². The van der Waals surface area contributed by atoms with Gasteiger partial charge >= 0.3 is 0 Å². The molecule has 0 spiro atoms. The second-order valence-corrected chi connectivity index (χ2v) is 3.70. The smallest absolute Gasteiger partial charge is 0.236 e. The minimum atomic E-state index is 0. The second-order valence-electron chi connectivity index (χ2n) is 3.35. The first kappa shape index (κ1) is 15.2. The SMILES string of the molecule is CN(C)C(=O)CNCc1cccnc1Cl.Cl. The maximum atomic E-state index is 11.2. The van der Waals surface area contributed by atoms with Crippen molar-refractivity contribution in [1.29, 1.82) is 0 Å². The molecule has 0 aromatic carbocycles. The number of carbonyl (C=O) groups is 1. The van der Waals surface area contributed by atoms with Gasteiger partial charge in [0.1, 0.15) is 5.15 Å². The fourth-order valence-corrected chi connectivity index (χ4v) is 1.20. The zero-order chi connectivity index (χ0) is 11.3. The summed E-state index contributed by atoms with van der Waals surface area (Å²) in [6.45, 7) is 0.852. The van der Waals surface area contributed by atoms with Gasteiger partial charge in [-0.05, 0) is 6.07 Å². The molecule has 0 saturated carbocycles. The number of amides is 1. The predicted molar refractivity (Wildman–Crippen MR) is 66.9 cm³/mol. The van der Waals surface area contributed by atoms with E-state index < -0.39 is 0 Å². The summed E-state index contributed by atoms with van der Waals surface area (Å²) >= 11 is 5.86. The van der Waals surface area contributed by atoms with Gasteiger partial charge in [-0.3, -0.25) is 4.79 Å². The molecule has 0 aliphatic heterocycles. The van der Waals surface area contributed by atoms with Crippen molar-refractivity contribution in [2.75, 3.05) is 20.6 Å². The maximum Gasteiger partial charge on any atom is 0.236 e. The molecule has 90 valence electrons. The van der Waals surface area contributed by atoms with E-state index in [9.17, 15) is 4.79 Å². The van der Waals surface area contributed by atoms with E-state index in [2.05, 4.69) is 10.3 Å². The lowest BCUT2D eigenvalue weighted by Crippen LogP contribution is -2.32. The van der Waals surface area contributed by atoms with Crippen LogP contribution in [0.5, 0.6) is 0 Å². The normalized spacial score (nSPS) is 9.44. The number of carbonyl (C=O) groups excluding carboxylic acids is 1. The third-order valence-electron chi connectivity index (χ3n) is 1.93. The van der Waals surface area contributed by atoms with Gasteiger partial charge < -0.3 is 10.2 Å². The molecule has 0 aliphatic carbocycles. The van der Waals surface area contributed by atoms with Gasteiger partial charge in [-0.25, -0.2) is 4.98 Å². The summed E-state index contributed by atoms with van der Waals surface area (Å²) in [4.78, 5) is 16.7. The number of hydrogen-bond donors (Lipinski definition) is 1. The minimum absolute atomic E-state index is 0. The molecule has 1 N–H and O–H groups in total. The maximum absolute atomic E-state index is 11.2. The van der Waals surface area contributed by atoms with E-state index in [1.54, 1.807) is 20.3 Å². The molecule has 0 aliphatic rings. The Morgan fingerprint density at radius 2 is 2.25 bits per heavy atom. The van der Waals surface area contributed by atoms with Crippen LogP contribution in [0.1, 0.15) is 5.56 Å². The standard InChI is InChI=1S/C10H14ClN3O.ClH/c1-14(2)9(15)7-12-6-8-4-3-5-13-10(8)11;/h3-5,12H,6-7H2,1-2H3;1H. The summed E-state index contributed by atoms with van der Waals surface area (Å²) in [7, 11) is 3.45. The van der Waals surface area contributed by atoms with Gasteiger partial charge in [-0.2, -0.15) is 0 Å². The van der Waals surface area contributed by atoms with Gasteiger partial charge in [0.25, 0.3) is 0 Å². The van der Waals surface area contributed by atoms with Crippen molar-refractivity contribution in [2.24, 2.45) is 0 Å². The van der Waals surface area contributed by atoms with E-state index in [0.29, 0.717) is 18.2 Å². The van der Waals surface area contributed by atoms with Gasteiger partial charge in [0.2, 0.25) is 5.91 Å². The molecule has 1 aromatic heterocycles. The minimum Gasteiger partial charge on any atom is -0.348 e. The molecule has 0 radical (unpaired) electrons. The fraction of sp³-hybridized carbons (Fsp3) is 0.400. The zero-order valence-electron chi connectivity index (χ0n) is 9.24. The van der Waals surface area contributed by atoms with Gasteiger partial charge in [0, 0.05) is 32.4 Å². The van der Waals surface area contributed by atoms with Crippen LogP contribution >= 0.6 is 24.0 Å². The molecule has 1 aromatic rings. The van der Waals surface area contributed by atoms with Gasteiger partial charge in [-0.15, -0.1) is 12.4 Å². The Hall–Kier alpha value is -0.840. The average Bonchev–Trinajstić information content (AvgIpc) is 2.20. The Morgan fingerprint density at radius 3 is 2.81 bits per heavy atom. The summed E-state index contributed by atoms with van der Waals surface area (Å²) in [5.41, 5.74) is 0.894. The summed E-state index contributed by atoms with van der Waals surface area (Å²) < 4.78 is 0. The third-order valence-corrected chi connectivity index (χ3v) is 2.27. The van der Waals surface area contributed by atoms with Crippen LogP contribution in [0.25, 0.3) is 0 Å². The van der Waals surface area contributed by atoms with Crippen molar-refractivity contribution >= 4 is 29.9 Å². The lowest BCUT2D eigenvalue weighted by Gasteiger charge is -2.11. The highest BCUT2D eigenvalue weighted by Gasteiger charge is 2.04. The number of nitrogens with one attached hydrogen (secondary N) is 1. The van der Waals surface area contributed by atoms with Crippen molar-refractivity contribution in [3.63, 3.8) is 0 Å². The summed E-state index contributed by atoms with van der Waals surface area (Å²) in [6, 6.07) is 3.69. The van der Waals surface area contributed by atoms with Crippen LogP contribution in [0, 0.1) is 0 Å². The Kier molecular flexibility index (Phi) is 7.05. The molecule has 4 nitrogen and oxygen atoms in total. The highest BCUT2D eigenvalue weighted by atomic mass is 35.5. The van der Waals surface area contributed by atoms with E-state index >= 15 is 0 Å². The van der Waals surface area contributed by atoms with Crippen molar-refractivity contribution in [3.05, 3.63) is 29.0 Å². The number of aromatic nitrogens is 1. The van der Waals surface area contributed by atoms with Crippen LogP contribution in [0.15, 0.2) is 18.3 Å². The van der Waals surface area contributed by atoms with E-state index in [1.165, 1.54) is 4.90 Å². The number of halogens is 2. The number of hydrogen-bond acceptors (Lipinski definition) is 3. The molecule has 1 heterocycles. The van der Waals surface area contributed by atoms with Crippen LogP contribution in [0.2, 0.25) is 5.15 Å². The van der Waals surface area contributed by atoms with E-state index in [0.717, 1.165) is 5.56 Å². The summed E-state index contributed by atoms with van der Waals surface area (Å²) in [6.07, 6.45) is 1.64. The molecule has 0 bridgehead atoms. The number of nitrogens with zero attached hydrogens (tertiary/aromatic N) is 2. The lowest BCUT2D eigenvalue weighted by molar-refractivity contribution is -0.127. The summed E-state index contributed by atoms with van der Waals surface area (Å²) in [5, 5.41) is 3.48. The van der Waals surface area contributed by atoms with Crippen LogP contribution in [0.4, 0.5) is 0 Å². The Labute approximate surface area is 106 Å². The predicted octanol–water partition coefficient (Wildman–Crippen LogP) is 1.33. The molecule has 6 heteroatoms. The first-order valence-corrected chi connectivity index (χ1v) is 4.99. The molecule has 0 atom stereocenters. The summed E-state index contributed by atoms with van der Waals surface area (Å²) in [5.74, 6) is 0.0370. The first-order valence-electron chi connectivity index (χ1n) is 4.61. The van der Waals surface area contributed by atoms with E-state index in [4.69, 9.17) is 11.6 Å². The molecule has 1 amide bonds. The molecule has 16 heavy (non-hydrogen) atoms.